The SMILES string of the molecule is Cc1ccc(C(C(=O)NC2CCCC2)N(C(=O)CCl)C2CCCC2)cc1. The lowest BCUT2D eigenvalue weighted by Crippen LogP contribution is -2.50. The van der Waals surface area contributed by atoms with Crippen LogP contribution >= 0.6 is 11.6 Å². The Bertz CT molecular complexity index is 619. The van der Waals surface area contributed by atoms with Crippen LogP contribution in [-0.2, 0) is 9.59 Å². The van der Waals surface area contributed by atoms with Gasteiger partial charge in [0.1, 0.15) is 11.9 Å². The fraction of sp³-hybridized carbons (Fsp3) is 0.619. The quantitative estimate of drug-likeness (QED) is 0.759. The van der Waals surface area contributed by atoms with Crippen molar-refractivity contribution >= 4 is 23.4 Å². The predicted molar refractivity (Wildman–Crippen MR) is 104 cm³/mol. The summed E-state index contributed by atoms with van der Waals surface area (Å²) in [6, 6.07) is 7.68. The Hall–Kier alpha value is -1.55. The third-order valence-corrected chi connectivity index (χ3v) is 5.97. The second-order valence-corrected chi connectivity index (χ2v) is 7.94. The second kappa shape index (κ2) is 8.90. The summed E-state index contributed by atoms with van der Waals surface area (Å²) in [6.07, 6.45) is 8.46. The topological polar surface area (TPSA) is 49.4 Å². The Labute approximate surface area is 161 Å². The number of nitrogens with one attached hydrogen (secondary N) is 1. The molecule has 1 aromatic carbocycles. The number of rotatable bonds is 6. The molecule has 1 N–H and O–H groups in total. The van der Waals surface area contributed by atoms with E-state index in [0.29, 0.717) is 0 Å². The lowest BCUT2D eigenvalue weighted by atomic mass is 9.99. The Morgan fingerprint density at radius 3 is 2.23 bits per heavy atom. The first-order valence-electron chi connectivity index (χ1n) is 9.84. The molecule has 2 amide bonds. The van der Waals surface area contributed by atoms with E-state index in [9.17, 15) is 9.59 Å². The second-order valence-electron chi connectivity index (χ2n) is 7.68. The van der Waals surface area contributed by atoms with E-state index >= 15 is 0 Å². The lowest BCUT2D eigenvalue weighted by Gasteiger charge is -2.36. The highest BCUT2D eigenvalue weighted by Crippen LogP contribution is 2.32. The number of carbonyl (C=O) groups excluding carboxylic acids is 2. The molecule has 0 aromatic heterocycles. The third kappa shape index (κ3) is 4.40. The van der Waals surface area contributed by atoms with Crippen LogP contribution < -0.4 is 5.32 Å². The molecule has 2 saturated carbocycles. The standard InChI is InChI=1S/C21H29ClN2O2/c1-15-10-12-16(13-11-15)20(21(26)23-17-6-2-3-7-17)24(19(25)14-22)18-8-4-5-9-18/h10-13,17-18,20H,2-9,14H2,1H3,(H,23,26). The molecule has 0 heterocycles. The number of halogens is 1. The summed E-state index contributed by atoms with van der Waals surface area (Å²) in [5.74, 6) is -0.299. The Kier molecular flexibility index (Phi) is 6.58. The van der Waals surface area contributed by atoms with E-state index in [4.69, 9.17) is 11.6 Å². The van der Waals surface area contributed by atoms with Crippen molar-refractivity contribution in [1.82, 2.24) is 10.2 Å². The smallest absolute Gasteiger partial charge is 0.247 e. The van der Waals surface area contributed by atoms with Gasteiger partial charge in [-0.25, -0.2) is 0 Å². The summed E-state index contributed by atoms with van der Waals surface area (Å²) >= 11 is 5.93. The molecule has 0 aliphatic heterocycles. The van der Waals surface area contributed by atoms with Gasteiger partial charge in [-0.2, -0.15) is 0 Å². The number of benzene rings is 1. The minimum atomic E-state index is -0.592. The number of alkyl halides is 1. The van der Waals surface area contributed by atoms with Gasteiger partial charge in [-0.15, -0.1) is 11.6 Å². The number of hydrogen-bond acceptors (Lipinski definition) is 2. The molecular formula is C21H29ClN2O2. The van der Waals surface area contributed by atoms with Gasteiger partial charge in [-0.05, 0) is 38.2 Å². The summed E-state index contributed by atoms with van der Waals surface area (Å²) in [6.45, 7) is 2.02. The fourth-order valence-electron chi connectivity index (χ4n) is 4.35. The van der Waals surface area contributed by atoms with Crippen LogP contribution in [0.3, 0.4) is 0 Å². The van der Waals surface area contributed by atoms with Crippen molar-refractivity contribution in [3.8, 4) is 0 Å². The lowest BCUT2D eigenvalue weighted by molar-refractivity contribution is -0.142. The average Bonchev–Trinajstić information content (AvgIpc) is 3.34. The van der Waals surface area contributed by atoms with Gasteiger partial charge in [0.05, 0.1) is 0 Å². The van der Waals surface area contributed by atoms with Crippen LogP contribution in [0.4, 0.5) is 0 Å². The van der Waals surface area contributed by atoms with Crippen LogP contribution in [-0.4, -0.2) is 34.7 Å². The predicted octanol–water partition coefficient (Wildman–Crippen LogP) is 4.10. The van der Waals surface area contributed by atoms with Gasteiger partial charge in [0.15, 0.2) is 0 Å². The van der Waals surface area contributed by atoms with Crippen molar-refractivity contribution in [1.29, 1.82) is 0 Å². The van der Waals surface area contributed by atoms with Gasteiger partial charge >= 0.3 is 0 Å². The molecule has 0 radical (unpaired) electrons. The number of amides is 2. The number of aryl methyl sites for hydroxylation is 1. The first-order chi connectivity index (χ1) is 12.6. The molecule has 4 nitrogen and oxygen atoms in total. The summed E-state index contributed by atoms with van der Waals surface area (Å²) in [4.78, 5) is 27.8. The first kappa shape index (κ1) is 19.2. The highest BCUT2D eigenvalue weighted by atomic mass is 35.5. The van der Waals surface area contributed by atoms with Crippen molar-refractivity contribution in [2.45, 2.75) is 76.4 Å². The molecule has 1 atom stereocenters. The van der Waals surface area contributed by atoms with E-state index < -0.39 is 6.04 Å². The monoisotopic (exact) mass is 376 g/mol. The van der Waals surface area contributed by atoms with Crippen LogP contribution in [0.5, 0.6) is 0 Å². The van der Waals surface area contributed by atoms with Gasteiger partial charge in [0, 0.05) is 12.1 Å². The van der Waals surface area contributed by atoms with E-state index in [1.165, 1.54) is 0 Å². The zero-order valence-electron chi connectivity index (χ0n) is 15.5. The Morgan fingerprint density at radius 2 is 1.65 bits per heavy atom. The number of carbonyl (C=O) groups is 2. The van der Waals surface area contributed by atoms with Gasteiger partial charge in [0.25, 0.3) is 0 Å². The van der Waals surface area contributed by atoms with Gasteiger partial charge in [0.2, 0.25) is 11.8 Å². The molecular weight excluding hydrogens is 348 g/mol. The zero-order chi connectivity index (χ0) is 18.5. The van der Waals surface area contributed by atoms with Crippen LogP contribution in [0, 0.1) is 6.92 Å². The van der Waals surface area contributed by atoms with E-state index in [2.05, 4.69) is 5.32 Å². The van der Waals surface area contributed by atoms with Gasteiger partial charge in [-0.3, -0.25) is 9.59 Å². The summed E-state index contributed by atoms with van der Waals surface area (Å²) in [7, 11) is 0. The maximum atomic E-state index is 13.3. The average molecular weight is 377 g/mol. The minimum Gasteiger partial charge on any atom is -0.351 e. The van der Waals surface area contributed by atoms with E-state index in [0.717, 1.165) is 62.5 Å². The maximum absolute atomic E-state index is 13.3. The van der Waals surface area contributed by atoms with Crippen molar-refractivity contribution in [3.05, 3.63) is 35.4 Å². The zero-order valence-corrected chi connectivity index (χ0v) is 16.3. The van der Waals surface area contributed by atoms with E-state index in [1.54, 1.807) is 4.90 Å². The van der Waals surface area contributed by atoms with Gasteiger partial charge < -0.3 is 10.2 Å². The minimum absolute atomic E-state index is 0.0638. The maximum Gasteiger partial charge on any atom is 0.247 e. The van der Waals surface area contributed by atoms with E-state index in [-0.39, 0.29) is 29.8 Å². The van der Waals surface area contributed by atoms with Crippen molar-refractivity contribution in [3.63, 3.8) is 0 Å². The number of nitrogens with zero attached hydrogens (tertiary/aromatic N) is 1. The third-order valence-electron chi connectivity index (χ3n) is 5.74. The summed E-state index contributed by atoms with van der Waals surface area (Å²) < 4.78 is 0. The summed E-state index contributed by atoms with van der Waals surface area (Å²) in [5.41, 5.74) is 2.01. The largest absolute Gasteiger partial charge is 0.351 e. The highest BCUT2D eigenvalue weighted by molar-refractivity contribution is 6.27. The van der Waals surface area contributed by atoms with Gasteiger partial charge in [-0.1, -0.05) is 55.5 Å². The molecule has 5 heteroatoms. The molecule has 3 rings (SSSR count). The highest BCUT2D eigenvalue weighted by Gasteiger charge is 2.37. The normalized spacial score (nSPS) is 19.5. The molecule has 142 valence electrons. The first-order valence-corrected chi connectivity index (χ1v) is 10.4. The van der Waals surface area contributed by atoms with Crippen LogP contribution in [0.15, 0.2) is 24.3 Å². The fourth-order valence-corrected chi connectivity index (χ4v) is 4.49. The Balaban J connectivity index is 1.92. The molecule has 1 aromatic rings. The van der Waals surface area contributed by atoms with Crippen molar-refractivity contribution in [2.75, 3.05) is 5.88 Å². The molecule has 0 spiro atoms. The number of hydrogen-bond donors (Lipinski definition) is 1. The van der Waals surface area contributed by atoms with Crippen molar-refractivity contribution in [2.24, 2.45) is 0 Å². The molecule has 2 aliphatic rings. The molecule has 1 unspecified atom stereocenters. The van der Waals surface area contributed by atoms with Crippen LogP contribution in [0.25, 0.3) is 0 Å². The summed E-state index contributed by atoms with van der Waals surface area (Å²) in [5, 5.41) is 3.20. The van der Waals surface area contributed by atoms with Crippen LogP contribution in [0.1, 0.15) is 68.5 Å². The van der Waals surface area contributed by atoms with Crippen LogP contribution in [0.2, 0.25) is 0 Å². The molecule has 26 heavy (non-hydrogen) atoms. The van der Waals surface area contributed by atoms with Crippen molar-refractivity contribution < 1.29 is 9.59 Å². The molecule has 0 saturated heterocycles. The van der Waals surface area contributed by atoms with E-state index in [1.807, 2.05) is 31.2 Å². The molecule has 2 fully saturated rings. The molecule has 2 aliphatic carbocycles. The Morgan fingerprint density at radius 1 is 1.08 bits per heavy atom. The molecule has 0 bridgehead atoms.